The Labute approximate surface area is 169 Å². The summed E-state index contributed by atoms with van der Waals surface area (Å²) < 4.78 is 59.1. The van der Waals surface area contributed by atoms with Crippen molar-refractivity contribution in [2.45, 2.75) is 39.0 Å². The van der Waals surface area contributed by atoms with Crippen molar-refractivity contribution < 1.29 is 31.9 Å². The second kappa shape index (κ2) is 9.09. The highest BCUT2D eigenvalue weighted by molar-refractivity contribution is 5.93. The maximum Gasteiger partial charge on any atom is 0.435 e. The third-order valence-corrected chi connectivity index (χ3v) is 3.53. The highest BCUT2D eigenvalue weighted by Crippen LogP contribution is 2.32. The molecule has 0 radical (unpaired) electrons. The number of amides is 2. The molecule has 0 unspecified atom stereocenters. The maximum atomic E-state index is 13.5. The van der Waals surface area contributed by atoms with Crippen LogP contribution in [0, 0.1) is 5.82 Å². The highest BCUT2D eigenvalue weighted by Gasteiger charge is 2.41. The number of benzene rings is 1. The standard InChI is InChI=1S/C18H21F4N5O3/c1-17(2,3)30-16(29)24-10-4-9-23-15(28)13-14(18(20,21)22)27(26-25-13)12-7-5-11(19)6-8-12/h5-8H,4,9-10H2,1-3H3,(H,23,28)(H,24,29). The van der Waals surface area contributed by atoms with Crippen molar-refractivity contribution in [1.29, 1.82) is 0 Å². The van der Waals surface area contributed by atoms with E-state index in [0.29, 0.717) is 4.68 Å². The fourth-order valence-corrected chi connectivity index (χ4v) is 2.33. The van der Waals surface area contributed by atoms with Crippen LogP contribution in [0.15, 0.2) is 24.3 Å². The van der Waals surface area contributed by atoms with Crippen molar-refractivity contribution >= 4 is 12.0 Å². The molecule has 8 nitrogen and oxygen atoms in total. The number of alkyl halides is 3. The molecule has 0 spiro atoms. The molecule has 1 heterocycles. The van der Waals surface area contributed by atoms with Crippen LogP contribution in [0.3, 0.4) is 0 Å². The lowest BCUT2D eigenvalue weighted by Crippen LogP contribution is -2.34. The van der Waals surface area contributed by atoms with Gasteiger partial charge in [0.25, 0.3) is 5.91 Å². The van der Waals surface area contributed by atoms with Gasteiger partial charge in [-0.1, -0.05) is 5.21 Å². The number of carbonyl (C=O) groups excluding carboxylic acids is 2. The largest absolute Gasteiger partial charge is 0.444 e. The number of halogens is 4. The molecule has 1 aromatic heterocycles. The number of nitrogens with zero attached hydrogens (tertiary/aromatic N) is 3. The predicted molar refractivity (Wildman–Crippen MR) is 97.5 cm³/mol. The van der Waals surface area contributed by atoms with Gasteiger partial charge in [0, 0.05) is 13.1 Å². The number of aromatic nitrogens is 3. The minimum absolute atomic E-state index is 0.0185. The molecule has 30 heavy (non-hydrogen) atoms. The minimum atomic E-state index is -4.93. The fourth-order valence-electron chi connectivity index (χ4n) is 2.33. The Hall–Kier alpha value is -3.18. The molecule has 2 rings (SSSR count). The van der Waals surface area contributed by atoms with Crippen molar-refractivity contribution in [3.05, 3.63) is 41.5 Å². The molecule has 0 aliphatic heterocycles. The van der Waals surface area contributed by atoms with E-state index in [1.165, 1.54) is 0 Å². The van der Waals surface area contributed by atoms with Gasteiger partial charge in [0.15, 0.2) is 11.4 Å². The molecule has 12 heteroatoms. The third kappa shape index (κ3) is 6.42. The van der Waals surface area contributed by atoms with Crippen molar-refractivity contribution in [2.24, 2.45) is 0 Å². The van der Waals surface area contributed by atoms with Gasteiger partial charge in [0.05, 0.1) is 5.69 Å². The van der Waals surface area contributed by atoms with Gasteiger partial charge in [-0.05, 0) is 51.5 Å². The summed E-state index contributed by atoms with van der Waals surface area (Å²) >= 11 is 0. The van der Waals surface area contributed by atoms with E-state index >= 15 is 0 Å². The van der Waals surface area contributed by atoms with Crippen molar-refractivity contribution in [3.8, 4) is 5.69 Å². The Bertz CT molecular complexity index is 889. The minimum Gasteiger partial charge on any atom is -0.444 e. The first-order valence-corrected chi connectivity index (χ1v) is 8.92. The molecule has 0 aliphatic rings. The zero-order chi connectivity index (χ0) is 22.5. The third-order valence-electron chi connectivity index (χ3n) is 3.53. The lowest BCUT2D eigenvalue weighted by Gasteiger charge is -2.19. The van der Waals surface area contributed by atoms with Gasteiger partial charge in [-0.2, -0.15) is 13.2 Å². The average Bonchev–Trinajstić information content (AvgIpc) is 3.06. The zero-order valence-corrected chi connectivity index (χ0v) is 16.5. The summed E-state index contributed by atoms with van der Waals surface area (Å²) in [6, 6.07) is 4.11. The van der Waals surface area contributed by atoms with E-state index in [2.05, 4.69) is 20.9 Å². The van der Waals surface area contributed by atoms with E-state index in [9.17, 15) is 27.2 Å². The molecule has 164 valence electrons. The average molecular weight is 431 g/mol. The molecule has 2 amide bonds. The normalized spacial score (nSPS) is 11.8. The van der Waals surface area contributed by atoms with Gasteiger partial charge in [-0.15, -0.1) is 5.10 Å². The molecular formula is C18H21F4N5O3. The van der Waals surface area contributed by atoms with E-state index in [4.69, 9.17) is 4.74 Å². The number of ether oxygens (including phenoxy) is 1. The molecule has 1 aromatic carbocycles. The number of hydrogen-bond acceptors (Lipinski definition) is 5. The van der Waals surface area contributed by atoms with Crippen LogP contribution in [0.4, 0.5) is 22.4 Å². The first-order valence-electron chi connectivity index (χ1n) is 8.92. The molecule has 0 fully saturated rings. The molecule has 2 N–H and O–H groups in total. The number of carbonyl (C=O) groups is 2. The van der Waals surface area contributed by atoms with E-state index in [1.807, 2.05) is 0 Å². The van der Waals surface area contributed by atoms with E-state index in [0.717, 1.165) is 24.3 Å². The van der Waals surface area contributed by atoms with Crippen molar-refractivity contribution in [1.82, 2.24) is 25.6 Å². The Morgan fingerprint density at radius 1 is 1.07 bits per heavy atom. The van der Waals surface area contributed by atoms with Gasteiger partial charge in [-0.25, -0.2) is 13.9 Å². The Balaban J connectivity index is 2.01. The van der Waals surface area contributed by atoms with Crippen LogP contribution in [-0.4, -0.2) is 45.7 Å². The van der Waals surface area contributed by atoms with Crippen molar-refractivity contribution in [2.75, 3.05) is 13.1 Å². The topological polar surface area (TPSA) is 98.1 Å². The lowest BCUT2D eigenvalue weighted by molar-refractivity contribution is -0.143. The summed E-state index contributed by atoms with van der Waals surface area (Å²) in [5.74, 6) is -1.71. The molecule has 2 aromatic rings. The smallest absolute Gasteiger partial charge is 0.435 e. The monoisotopic (exact) mass is 431 g/mol. The number of alkyl carbamates (subject to hydrolysis) is 1. The first-order chi connectivity index (χ1) is 13.9. The van der Waals surface area contributed by atoms with Crippen LogP contribution in [0.25, 0.3) is 5.69 Å². The fraction of sp³-hybridized carbons (Fsp3) is 0.444. The molecule has 0 saturated carbocycles. The van der Waals surface area contributed by atoms with E-state index in [-0.39, 0.29) is 25.2 Å². The summed E-state index contributed by atoms with van der Waals surface area (Å²) in [5.41, 5.74) is -3.05. The summed E-state index contributed by atoms with van der Waals surface area (Å²) in [7, 11) is 0. The van der Waals surface area contributed by atoms with Crippen LogP contribution in [0.5, 0.6) is 0 Å². The maximum absolute atomic E-state index is 13.5. The molecule has 0 saturated heterocycles. The lowest BCUT2D eigenvalue weighted by atomic mass is 10.2. The van der Waals surface area contributed by atoms with Crippen LogP contribution in [0.2, 0.25) is 0 Å². The van der Waals surface area contributed by atoms with Crippen LogP contribution >= 0.6 is 0 Å². The molecular weight excluding hydrogens is 410 g/mol. The van der Waals surface area contributed by atoms with Gasteiger partial charge >= 0.3 is 12.3 Å². The van der Waals surface area contributed by atoms with Crippen LogP contribution < -0.4 is 10.6 Å². The van der Waals surface area contributed by atoms with Crippen LogP contribution in [0.1, 0.15) is 43.4 Å². The van der Waals surface area contributed by atoms with Crippen molar-refractivity contribution in [3.63, 3.8) is 0 Å². The Kier molecular flexibility index (Phi) is 7.00. The quantitative estimate of drug-likeness (QED) is 0.541. The summed E-state index contributed by atoms with van der Waals surface area (Å²) in [5, 5.41) is 11.5. The van der Waals surface area contributed by atoms with Gasteiger partial charge in [-0.3, -0.25) is 4.79 Å². The zero-order valence-electron chi connectivity index (χ0n) is 16.5. The van der Waals surface area contributed by atoms with E-state index in [1.54, 1.807) is 20.8 Å². The van der Waals surface area contributed by atoms with Crippen LogP contribution in [-0.2, 0) is 10.9 Å². The number of rotatable bonds is 6. The summed E-state index contributed by atoms with van der Waals surface area (Å²) in [4.78, 5) is 23.7. The molecule has 0 aliphatic carbocycles. The Morgan fingerprint density at radius 2 is 1.67 bits per heavy atom. The predicted octanol–water partition coefficient (Wildman–Crippen LogP) is 3.07. The Morgan fingerprint density at radius 3 is 2.23 bits per heavy atom. The number of hydrogen-bond donors (Lipinski definition) is 2. The second-order valence-corrected chi connectivity index (χ2v) is 7.21. The van der Waals surface area contributed by atoms with Gasteiger partial charge in [0.2, 0.25) is 0 Å². The first kappa shape index (κ1) is 23.1. The summed E-state index contributed by atoms with van der Waals surface area (Å²) in [6.45, 7) is 5.22. The second-order valence-electron chi connectivity index (χ2n) is 7.21. The molecule has 0 atom stereocenters. The van der Waals surface area contributed by atoms with Gasteiger partial charge < -0.3 is 15.4 Å². The van der Waals surface area contributed by atoms with Gasteiger partial charge in [0.1, 0.15) is 11.4 Å². The molecule has 0 bridgehead atoms. The SMILES string of the molecule is CC(C)(C)OC(=O)NCCCNC(=O)c1nnn(-c2ccc(F)cc2)c1C(F)(F)F. The van der Waals surface area contributed by atoms with E-state index < -0.39 is 41.0 Å². The highest BCUT2D eigenvalue weighted by atomic mass is 19.4. The number of nitrogens with one attached hydrogen (secondary N) is 2. The summed E-state index contributed by atoms with van der Waals surface area (Å²) in [6.07, 6.45) is -5.32.